The Morgan fingerprint density at radius 3 is 2.81 bits per heavy atom. The molecule has 10 heteroatoms. The molecular weight excluding hydrogens is 356 g/mol. The summed E-state index contributed by atoms with van der Waals surface area (Å²) < 4.78 is 0. The third kappa shape index (κ3) is 2.78. The molecule has 9 nitrogen and oxygen atoms in total. The van der Waals surface area contributed by atoms with E-state index in [-0.39, 0.29) is 23.6 Å². The first-order chi connectivity index (χ1) is 12.5. The van der Waals surface area contributed by atoms with Crippen LogP contribution in [-0.4, -0.2) is 35.8 Å². The average molecular weight is 369 g/mol. The molecule has 3 N–H and O–H groups in total. The quantitative estimate of drug-likeness (QED) is 0.531. The number of carbonyl (C=O) groups excluding carboxylic acids is 1. The first kappa shape index (κ1) is 16.2. The van der Waals surface area contributed by atoms with Crippen LogP contribution in [-0.2, 0) is 11.3 Å². The molecule has 130 valence electrons. The largest absolute Gasteiger partial charge is 0.368 e. The number of aromatic nitrogens is 6. The number of nitrogens with one attached hydrogen (secondary N) is 1. The van der Waals surface area contributed by atoms with E-state index in [1.807, 2.05) is 6.92 Å². The summed E-state index contributed by atoms with van der Waals surface area (Å²) in [6.45, 7) is 2.02. The topological polar surface area (TPSA) is 127 Å². The van der Waals surface area contributed by atoms with E-state index < -0.39 is 0 Å². The molecule has 3 aromatic rings. The van der Waals surface area contributed by atoms with Crippen molar-refractivity contribution in [1.82, 2.24) is 29.9 Å². The summed E-state index contributed by atoms with van der Waals surface area (Å²) in [6, 6.07) is 0. The van der Waals surface area contributed by atoms with Gasteiger partial charge in [0.15, 0.2) is 5.82 Å². The van der Waals surface area contributed by atoms with Crippen LogP contribution in [0.15, 0.2) is 24.8 Å². The van der Waals surface area contributed by atoms with Crippen LogP contribution in [0.5, 0.6) is 0 Å². The van der Waals surface area contributed by atoms with Crippen LogP contribution in [0.25, 0.3) is 11.6 Å². The van der Waals surface area contributed by atoms with E-state index in [0.29, 0.717) is 28.5 Å². The average Bonchev–Trinajstić information content (AvgIpc) is 3.19. The number of carbonyl (C=O) groups is 1. The number of fused-ring (bicyclic) bond motifs is 1. The molecule has 0 fully saturated rings. The maximum Gasteiger partial charge on any atom is 0.260 e. The number of aromatic amines is 1. The fourth-order valence-electron chi connectivity index (χ4n) is 2.65. The summed E-state index contributed by atoms with van der Waals surface area (Å²) in [7, 11) is 0. The first-order valence-electron chi connectivity index (χ1n) is 7.67. The molecule has 0 unspecified atom stereocenters. The molecule has 0 radical (unpaired) electrons. The molecule has 0 aliphatic carbocycles. The molecule has 1 aliphatic heterocycles. The second-order valence-corrected chi connectivity index (χ2v) is 6.00. The predicted molar refractivity (Wildman–Crippen MR) is 95.9 cm³/mol. The van der Waals surface area contributed by atoms with E-state index >= 15 is 0 Å². The maximum atomic E-state index is 13.0. The van der Waals surface area contributed by atoms with Gasteiger partial charge in [-0.3, -0.25) is 19.7 Å². The van der Waals surface area contributed by atoms with Gasteiger partial charge in [0.05, 0.1) is 35.3 Å². The second kappa shape index (κ2) is 6.19. The summed E-state index contributed by atoms with van der Waals surface area (Å²) >= 11 is 6.25. The van der Waals surface area contributed by atoms with Gasteiger partial charge in [-0.25, -0.2) is 9.97 Å². The lowest BCUT2D eigenvalue weighted by Gasteiger charge is -2.15. The normalized spacial score (nSPS) is 14.9. The van der Waals surface area contributed by atoms with Crippen LogP contribution in [0, 0.1) is 6.92 Å². The Labute approximate surface area is 153 Å². The SMILES string of the molecule is Cc1cnc(CN2C(=O)/C(=C/c3ncc[nH]3)c3c(Cl)nc(N)nc32)cn1. The highest BCUT2D eigenvalue weighted by Gasteiger charge is 2.37. The van der Waals surface area contributed by atoms with Gasteiger partial charge in [0.1, 0.15) is 11.0 Å². The lowest BCUT2D eigenvalue weighted by atomic mass is 10.1. The minimum atomic E-state index is -0.291. The van der Waals surface area contributed by atoms with Gasteiger partial charge in [-0.15, -0.1) is 0 Å². The lowest BCUT2D eigenvalue weighted by Crippen LogP contribution is -2.27. The van der Waals surface area contributed by atoms with Crippen LogP contribution in [0.3, 0.4) is 0 Å². The van der Waals surface area contributed by atoms with Crippen LogP contribution in [0.2, 0.25) is 5.15 Å². The van der Waals surface area contributed by atoms with Crippen LogP contribution in [0.1, 0.15) is 22.8 Å². The van der Waals surface area contributed by atoms with Crippen molar-refractivity contribution in [2.45, 2.75) is 13.5 Å². The molecule has 0 spiro atoms. The molecule has 0 bridgehead atoms. The van der Waals surface area contributed by atoms with Crippen molar-refractivity contribution in [2.75, 3.05) is 10.6 Å². The van der Waals surface area contributed by atoms with Crippen molar-refractivity contribution in [3.8, 4) is 0 Å². The Morgan fingerprint density at radius 1 is 1.27 bits per heavy atom. The monoisotopic (exact) mass is 368 g/mol. The maximum absolute atomic E-state index is 13.0. The third-order valence-electron chi connectivity index (χ3n) is 3.82. The molecule has 4 heterocycles. The number of nitrogens with two attached hydrogens (primary N) is 1. The summed E-state index contributed by atoms with van der Waals surface area (Å²) in [5.41, 5.74) is 7.88. The van der Waals surface area contributed by atoms with Crippen molar-refractivity contribution >= 4 is 40.9 Å². The molecule has 26 heavy (non-hydrogen) atoms. The van der Waals surface area contributed by atoms with Crippen molar-refractivity contribution in [2.24, 2.45) is 0 Å². The second-order valence-electron chi connectivity index (χ2n) is 5.64. The summed E-state index contributed by atoms with van der Waals surface area (Å²) in [6.07, 6.45) is 8.11. The third-order valence-corrected chi connectivity index (χ3v) is 4.09. The predicted octanol–water partition coefficient (Wildman–Crippen LogP) is 1.62. The number of hydrogen-bond donors (Lipinski definition) is 2. The van der Waals surface area contributed by atoms with Gasteiger partial charge in [-0.2, -0.15) is 4.98 Å². The summed E-state index contributed by atoms with van der Waals surface area (Å²) in [4.78, 5) is 38.2. The summed E-state index contributed by atoms with van der Waals surface area (Å²) in [5, 5.41) is 0.108. The number of aryl methyl sites for hydroxylation is 1. The number of nitrogen functional groups attached to an aromatic ring is 1. The number of anilines is 2. The molecule has 1 amide bonds. The fourth-order valence-corrected chi connectivity index (χ4v) is 2.92. The van der Waals surface area contributed by atoms with Crippen molar-refractivity contribution in [1.29, 1.82) is 0 Å². The van der Waals surface area contributed by atoms with Crippen LogP contribution in [0.4, 0.5) is 11.8 Å². The van der Waals surface area contributed by atoms with E-state index in [9.17, 15) is 4.79 Å². The minimum Gasteiger partial charge on any atom is -0.368 e. The van der Waals surface area contributed by atoms with Gasteiger partial charge in [0.25, 0.3) is 5.91 Å². The van der Waals surface area contributed by atoms with Gasteiger partial charge in [0, 0.05) is 18.6 Å². The number of amides is 1. The molecule has 0 aromatic carbocycles. The zero-order chi connectivity index (χ0) is 18.3. The Balaban J connectivity index is 1.81. The van der Waals surface area contributed by atoms with Crippen molar-refractivity contribution in [3.63, 3.8) is 0 Å². The zero-order valence-electron chi connectivity index (χ0n) is 13.6. The van der Waals surface area contributed by atoms with E-state index in [1.165, 1.54) is 4.90 Å². The van der Waals surface area contributed by atoms with Gasteiger partial charge in [-0.05, 0) is 13.0 Å². The molecule has 1 aliphatic rings. The molecule has 0 saturated carbocycles. The number of hydrogen-bond acceptors (Lipinski definition) is 7. The highest BCUT2D eigenvalue weighted by molar-refractivity contribution is 6.41. The number of imidazole rings is 1. The van der Waals surface area contributed by atoms with Gasteiger partial charge in [0.2, 0.25) is 5.95 Å². The van der Waals surface area contributed by atoms with Crippen LogP contribution >= 0.6 is 11.6 Å². The number of nitrogens with zero attached hydrogens (tertiary/aromatic N) is 6. The van der Waals surface area contributed by atoms with E-state index in [2.05, 4.69) is 29.9 Å². The van der Waals surface area contributed by atoms with Gasteiger partial charge < -0.3 is 10.7 Å². The lowest BCUT2D eigenvalue weighted by molar-refractivity contribution is -0.113. The van der Waals surface area contributed by atoms with Crippen molar-refractivity contribution in [3.05, 3.63) is 52.7 Å². The van der Waals surface area contributed by atoms with E-state index in [0.717, 1.165) is 5.69 Å². The number of rotatable bonds is 3. The molecule has 3 aromatic heterocycles. The number of H-pyrrole nitrogens is 1. The van der Waals surface area contributed by atoms with Crippen LogP contribution < -0.4 is 10.6 Å². The Kier molecular flexibility index (Phi) is 3.85. The number of halogens is 1. The van der Waals surface area contributed by atoms with E-state index in [4.69, 9.17) is 17.3 Å². The smallest absolute Gasteiger partial charge is 0.260 e. The first-order valence-corrected chi connectivity index (χ1v) is 8.04. The van der Waals surface area contributed by atoms with E-state index in [1.54, 1.807) is 30.9 Å². The van der Waals surface area contributed by atoms with Gasteiger partial charge in [-0.1, -0.05) is 11.6 Å². The standard InChI is InChI=1S/C16H13ClN8O/c1-8-5-22-9(6-21-8)7-25-14-12(13(17)23-16(18)24-14)10(15(25)26)4-11-19-2-3-20-11/h2-6H,7H2,1H3,(H,19,20)(H2,18,23,24)/b10-4+. The molecule has 4 rings (SSSR count). The Morgan fingerprint density at radius 2 is 2.12 bits per heavy atom. The summed E-state index contributed by atoms with van der Waals surface area (Å²) in [5.74, 6) is 0.554. The molecular formula is C16H13ClN8O. The highest BCUT2D eigenvalue weighted by atomic mass is 35.5. The Hall–Kier alpha value is -3.33. The van der Waals surface area contributed by atoms with Crippen molar-refractivity contribution < 1.29 is 4.79 Å². The fraction of sp³-hybridized carbons (Fsp3) is 0.125. The highest BCUT2D eigenvalue weighted by Crippen LogP contribution is 2.40. The zero-order valence-corrected chi connectivity index (χ0v) is 14.4. The Bertz CT molecular complexity index is 1010. The van der Waals surface area contributed by atoms with Gasteiger partial charge >= 0.3 is 0 Å². The minimum absolute atomic E-state index is 0.0132. The molecule has 0 saturated heterocycles. The molecule has 0 atom stereocenters.